The zero-order valence-electron chi connectivity index (χ0n) is 14.9. The van der Waals surface area contributed by atoms with E-state index >= 15 is 0 Å². The van der Waals surface area contributed by atoms with Gasteiger partial charge in [0.1, 0.15) is 0 Å². The van der Waals surface area contributed by atoms with Crippen molar-refractivity contribution in [3.8, 4) is 11.1 Å². The van der Waals surface area contributed by atoms with E-state index in [-0.39, 0.29) is 11.1 Å². The second kappa shape index (κ2) is 8.60. The second-order valence-electron chi connectivity index (χ2n) is 6.20. The summed E-state index contributed by atoms with van der Waals surface area (Å²) in [5.74, 6) is -6.40. The summed E-state index contributed by atoms with van der Waals surface area (Å²) in [7, 11) is 0. The number of carbonyl (C=O) groups is 4. The Hall–Kier alpha value is -3.30. The molecule has 2 rings (SSSR count). The number of benzene rings is 2. The minimum absolute atomic E-state index is 0.138. The summed E-state index contributed by atoms with van der Waals surface area (Å²) in [6.45, 7) is 0. The van der Waals surface area contributed by atoms with E-state index in [1.807, 2.05) is 0 Å². The molecule has 0 atom stereocenters. The number of Topliss-reactive ketones (excluding diaryl/α,β-unsaturated/α-hetero) is 4. The molecule has 0 saturated carbocycles. The molecule has 0 unspecified atom stereocenters. The summed E-state index contributed by atoms with van der Waals surface area (Å²) in [4.78, 5) is 45.6. The summed E-state index contributed by atoms with van der Waals surface area (Å²) < 4.78 is 73.6. The van der Waals surface area contributed by atoms with Gasteiger partial charge in [-0.05, 0) is 17.2 Å². The summed E-state index contributed by atoms with van der Waals surface area (Å²) in [6, 6.07) is 10.4. The average molecular weight is 430 g/mol. The molecule has 0 saturated heterocycles. The average Bonchev–Trinajstić information content (AvgIpc) is 2.66. The van der Waals surface area contributed by atoms with Crippen molar-refractivity contribution in [2.45, 2.75) is 25.2 Å². The molecular weight excluding hydrogens is 418 g/mol. The van der Waals surface area contributed by atoms with E-state index in [0.29, 0.717) is 11.1 Å². The van der Waals surface area contributed by atoms with Crippen molar-refractivity contribution in [3.05, 3.63) is 59.7 Å². The molecule has 2 aromatic carbocycles. The van der Waals surface area contributed by atoms with Gasteiger partial charge in [0.2, 0.25) is 11.6 Å². The molecule has 0 aromatic heterocycles. The van der Waals surface area contributed by atoms with Crippen molar-refractivity contribution in [2.75, 3.05) is 0 Å². The van der Waals surface area contributed by atoms with Crippen molar-refractivity contribution >= 4 is 23.1 Å². The molecule has 158 valence electrons. The Balaban J connectivity index is 2.16. The van der Waals surface area contributed by atoms with Crippen LogP contribution in [0, 0.1) is 0 Å². The van der Waals surface area contributed by atoms with Crippen LogP contribution in [0.2, 0.25) is 0 Å². The summed E-state index contributed by atoms with van der Waals surface area (Å²) in [5, 5.41) is 0. The third kappa shape index (κ3) is 5.85. The van der Waals surface area contributed by atoms with Gasteiger partial charge in [-0.25, -0.2) is 0 Å². The smallest absolute Gasteiger partial charge is 0.294 e. The predicted molar refractivity (Wildman–Crippen MR) is 91.9 cm³/mol. The van der Waals surface area contributed by atoms with Crippen LogP contribution < -0.4 is 0 Å². The van der Waals surface area contributed by atoms with Crippen molar-refractivity contribution in [3.63, 3.8) is 0 Å². The lowest BCUT2D eigenvalue weighted by Crippen LogP contribution is -2.25. The molecule has 0 amide bonds. The Morgan fingerprint density at radius 3 is 1.53 bits per heavy atom. The molecule has 10 heteroatoms. The highest BCUT2D eigenvalue weighted by atomic mass is 19.4. The molecule has 2 aromatic rings. The van der Waals surface area contributed by atoms with Crippen LogP contribution >= 0.6 is 0 Å². The molecule has 0 aliphatic heterocycles. The minimum Gasteiger partial charge on any atom is -0.294 e. The molecule has 4 nitrogen and oxygen atoms in total. The molecule has 0 bridgehead atoms. The highest BCUT2D eigenvalue weighted by molar-refractivity contribution is 6.10. The Bertz CT molecular complexity index is 988. The maximum Gasteiger partial charge on any atom is 0.450 e. The van der Waals surface area contributed by atoms with Crippen LogP contribution in [-0.2, 0) is 9.59 Å². The lowest BCUT2D eigenvalue weighted by molar-refractivity contribution is -0.170. The Kier molecular flexibility index (Phi) is 6.59. The normalized spacial score (nSPS) is 11.8. The van der Waals surface area contributed by atoms with Crippen LogP contribution in [0.1, 0.15) is 33.6 Å². The number of halogens is 6. The first kappa shape index (κ1) is 23.0. The largest absolute Gasteiger partial charge is 0.450 e. The number of hydrogen-bond acceptors (Lipinski definition) is 4. The van der Waals surface area contributed by atoms with Crippen molar-refractivity contribution in [2.24, 2.45) is 0 Å². The van der Waals surface area contributed by atoms with E-state index < -0.39 is 48.3 Å². The maximum atomic E-state index is 12.3. The van der Waals surface area contributed by atoms with E-state index in [1.165, 1.54) is 48.5 Å². The number of ketones is 4. The quantitative estimate of drug-likeness (QED) is 0.361. The fraction of sp³-hybridized carbons (Fsp3) is 0.200. The molecule has 30 heavy (non-hydrogen) atoms. The summed E-state index contributed by atoms with van der Waals surface area (Å²) in [5.41, 5.74) is 0.497. The van der Waals surface area contributed by atoms with E-state index in [2.05, 4.69) is 0 Å². The fourth-order valence-corrected chi connectivity index (χ4v) is 2.42. The first-order chi connectivity index (χ1) is 13.8. The van der Waals surface area contributed by atoms with Gasteiger partial charge in [-0.3, -0.25) is 19.2 Å². The van der Waals surface area contributed by atoms with Gasteiger partial charge in [-0.2, -0.15) is 26.3 Å². The third-order valence-electron chi connectivity index (χ3n) is 4.00. The van der Waals surface area contributed by atoms with Crippen molar-refractivity contribution in [1.29, 1.82) is 0 Å². The highest BCUT2D eigenvalue weighted by Crippen LogP contribution is 2.24. The van der Waals surface area contributed by atoms with Crippen molar-refractivity contribution < 1.29 is 45.5 Å². The first-order valence-corrected chi connectivity index (χ1v) is 8.26. The summed E-state index contributed by atoms with van der Waals surface area (Å²) >= 11 is 0. The molecule has 0 aliphatic rings. The zero-order chi connectivity index (χ0) is 22.7. The highest BCUT2D eigenvalue weighted by Gasteiger charge is 2.40. The maximum absolute atomic E-state index is 12.3. The standard InChI is InChI=1S/C20H12F6O4/c21-19(22,23)17(29)9-15(27)12-6-4-11(5-7-12)13-2-1-3-14(8-13)16(28)10-18(30)20(24,25)26/h1-8H,9-10H2. The lowest BCUT2D eigenvalue weighted by Gasteiger charge is -2.08. The molecular formula is C20H12F6O4. The van der Waals surface area contributed by atoms with Crippen LogP contribution in [0.3, 0.4) is 0 Å². The zero-order valence-corrected chi connectivity index (χ0v) is 14.9. The summed E-state index contributed by atoms with van der Waals surface area (Å²) in [6.07, 6.45) is -12.9. The van der Waals surface area contributed by atoms with Gasteiger partial charge in [0.05, 0.1) is 12.8 Å². The van der Waals surface area contributed by atoms with Gasteiger partial charge >= 0.3 is 12.4 Å². The topological polar surface area (TPSA) is 68.3 Å². The molecule has 0 heterocycles. The second-order valence-corrected chi connectivity index (χ2v) is 6.20. The Morgan fingerprint density at radius 1 is 0.600 bits per heavy atom. The molecule has 0 spiro atoms. The van der Waals surface area contributed by atoms with E-state index in [0.717, 1.165) is 0 Å². The first-order valence-electron chi connectivity index (χ1n) is 8.26. The van der Waals surface area contributed by atoms with Gasteiger partial charge in [0.15, 0.2) is 11.6 Å². The van der Waals surface area contributed by atoms with E-state index in [4.69, 9.17) is 0 Å². The molecule has 0 aliphatic carbocycles. The fourth-order valence-electron chi connectivity index (χ4n) is 2.42. The number of carbonyl (C=O) groups excluding carboxylic acids is 4. The minimum atomic E-state index is -5.12. The number of hydrogen-bond donors (Lipinski definition) is 0. The van der Waals surface area contributed by atoms with Crippen LogP contribution in [0.15, 0.2) is 48.5 Å². The van der Waals surface area contributed by atoms with E-state index in [9.17, 15) is 45.5 Å². The Labute approximate surface area is 165 Å². The van der Waals surface area contributed by atoms with Crippen molar-refractivity contribution in [1.82, 2.24) is 0 Å². The van der Waals surface area contributed by atoms with Crippen LogP contribution in [0.5, 0.6) is 0 Å². The number of alkyl halides is 6. The van der Waals surface area contributed by atoms with Gasteiger partial charge in [-0.15, -0.1) is 0 Å². The monoisotopic (exact) mass is 430 g/mol. The van der Waals surface area contributed by atoms with Gasteiger partial charge < -0.3 is 0 Å². The van der Waals surface area contributed by atoms with Gasteiger partial charge in [0.25, 0.3) is 0 Å². The van der Waals surface area contributed by atoms with Crippen LogP contribution in [0.4, 0.5) is 26.3 Å². The van der Waals surface area contributed by atoms with E-state index in [1.54, 1.807) is 0 Å². The predicted octanol–water partition coefficient (Wildman–Crippen LogP) is 4.76. The van der Waals surface area contributed by atoms with Crippen LogP contribution in [-0.4, -0.2) is 35.5 Å². The Morgan fingerprint density at radius 2 is 1.07 bits per heavy atom. The van der Waals surface area contributed by atoms with Gasteiger partial charge in [0, 0.05) is 11.1 Å². The number of rotatable bonds is 7. The third-order valence-corrected chi connectivity index (χ3v) is 4.00. The molecule has 0 N–H and O–H groups in total. The molecule has 0 fully saturated rings. The molecule has 0 radical (unpaired) electrons. The lowest BCUT2D eigenvalue weighted by atomic mass is 9.97. The SMILES string of the molecule is O=C(CC(=O)C(F)(F)F)c1ccc(-c2cccc(C(=O)CC(=O)C(F)(F)F)c2)cc1. The van der Waals surface area contributed by atoms with Gasteiger partial charge in [-0.1, -0.05) is 42.5 Å². The van der Waals surface area contributed by atoms with Crippen LogP contribution in [0.25, 0.3) is 11.1 Å².